The van der Waals surface area contributed by atoms with E-state index in [1.807, 2.05) is 0 Å². The van der Waals surface area contributed by atoms with E-state index in [0.29, 0.717) is 5.56 Å². The smallest absolute Gasteiger partial charge is 0.323 e. The number of carbonyl (C=O) groups excluding carboxylic acids is 1. The van der Waals surface area contributed by atoms with Crippen LogP contribution in [0, 0.1) is 15.9 Å². The van der Waals surface area contributed by atoms with Gasteiger partial charge in [-0.15, -0.1) is 0 Å². The molecule has 0 fully saturated rings. The molecule has 0 aliphatic rings. The topological polar surface area (TPSA) is 93.5 Å². The van der Waals surface area contributed by atoms with Gasteiger partial charge in [0, 0.05) is 18.3 Å². The summed E-state index contributed by atoms with van der Waals surface area (Å²) in [5.41, 5.74) is 0.549. The van der Waals surface area contributed by atoms with Crippen LogP contribution in [0.1, 0.15) is 5.56 Å². The molecule has 2 aromatic rings. The van der Waals surface area contributed by atoms with Crippen LogP contribution in [0.5, 0.6) is 5.75 Å². The minimum Gasteiger partial charge on any atom is -0.495 e. The Labute approximate surface area is 136 Å². The number of nitrogens with one attached hydrogen (secondary N) is 2. The number of hydrogen-bond donors (Lipinski definition) is 2. The zero-order valence-corrected chi connectivity index (χ0v) is 12.7. The minimum absolute atomic E-state index is 0.156. The van der Waals surface area contributed by atoms with Gasteiger partial charge in [-0.25, -0.2) is 9.18 Å². The number of halogens is 1. The van der Waals surface area contributed by atoms with Gasteiger partial charge in [-0.1, -0.05) is 12.1 Å². The average molecular weight is 331 g/mol. The number of nitro groups is 1. The van der Waals surface area contributed by atoms with Crippen LogP contribution in [0.15, 0.2) is 48.7 Å². The number of ether oxygens (including phenoxy) is 1. The molecular formula is C16H14FN3O4. The summed E-state index contributed by atoms with van der Waals surface area (Å²) in [6, 6.07) is 9.05. The number of rotatable bonds is 5. The summed E-state index contributed by atoms with van der Waals surface area (Å²) in [7, 11) is 1.38. The van der Waals surface area contributed by atoms with Gasteiger partial charge >= 0.3 is 6.03 Å². The second-order valence-corrected chi connectivity index (χ2v) is 4.63. The highest BCUT2D eigenvalue weighted by Gasteiger charge is 2.13. The van der Waals surface area contributed by atoms with Crippen LogP contribution in [-0.2, 0) is 0 Å². The Bertz CT molecular complexity index is 793. The SMILES string of the molecule is COc1ccc([N+](=O)[O-])cc1NC(=O)N/C=C/c1cccc(F)c1. The van der Waals surface area contributed by atoms with Crippen LogP contribution in [-0.4, -0.2) is 18.1 Å². The third-order valence-corrected chi connectivity index (χ3v) is 2.98. The summed E-state index contributed by atoms with van der Waals surface area (Å²) in [4.78, 5) is 22.1. The molecule has 2 rings (SSSR count). The number of amides is 2. The number of urea groups is 1. The molecule has 2 N–H and O–H groups in total. The van der Waals surface area contributed by atoms with Crippen molar-refractivity contribution >= 4 is 23.5 Å². The number of non-ortho nitro benzene ring substituents is 1. The van der Waals surface area contributed by atoms with E-state index in [0.717, 1.165) is 0 Å². The van der Waals surface area contributed by atoms with Crippen molar-refractivity contribution in [1.82, 2.24) is 5.32 Å². The van der Waals surface area contributed by atoms with Crippen molar-refractivity contribution in [2.45, 2.75) is 0 Å². The van der Waals surface area contributed by atoms with Crippen molar-refractivity contribution in [3.8, 4) is 5.75 Å². The molecule has 0 radical (unpaired) electrons. The lowest BCUT2D eigenvalue weighted by Crippen LogP contribution is -2.24. The molecule has 0 aromatic heterocycles. The van der Waals surface area contributed by atoms with Gasteiger partial charge in [-0.3, -0.25) is 10.1 Å². The van der Waals surface area contributed by atoms with E-state index >= 15 is 0 Å². The van der Waals surface area contributed by atoms with E-state index in [2.05, 4.69) is 10.6 Å². The maximum atomic E-state index is 13.0. The second-order valence-electron chi connectivity index (χ2n) is 4.63. The maximum absolute atomic E-state index is 13.0. The highest BCUT2D eigenvalue weighted by atomic mass is 19.1. The molecule has 0 spiro atoms. The first-order valence-corrected chi connectivity index (χ1v) is 6.81. The lowest BCUT2D eigenvalue weighted by atomic mass is 10.2. The van der Waals surface area contributed by atoms with Crippen LogP contribution in [0.4, 0.5) is 20.6 Å². The Kier molecular flexibility index (Phi) is 5.45. The van der Waals surface area contributed by atoms with Crippen LogP contribution in [0.25, 0.3) is 6.08 Å². The summed E-state index contributed by atoms with van der Waals surface area (Å²) >= 11 is 0. The van der Waals surface area contributed by atoms with Gasteiger partial charge in [0.25, 0.3) is 5.69 Å². The molecule has 0 aliphatic heterocycles. The van der Waals surface area contributed by atoms with Gasteiger partial charge in [0.2, 0.25) is 0 Å². The Hall–Kier alpha value is -3.42. The van der Waals surface area contributed by atoms with Gasteiger partial charge < -0.3 is 15.4 Å². The standard InChI is InChI=1S/C16H14FN3O4/c1-24-15-6-5-13(20(22)23)10-14(15)19-16(21)18-8-7-11-3-2-4-12(17)9-11/h2-10H,1H3,(H2,18,19,21)/b8-7+. The number of carbonyl (C=O) groups is 1. The molecule has 2 amide bonds. The molecule has 7 nitrogen and oxygen atoms in total. The number of hydrogen-bond acceptors (Lipinski definition) is 4. The van der Waals surface area contributed by atoms with E-state index in [4.69, 9.17) is 4.74 Å². The molecule has 2 aromatic carbocycles. The summed E-state index contributed by atoms with van der Waals surface area (Å²) in [6.07, 6.45) is 2.83. The Morgan fingerprint density at radius 1 is 1.29 bits per heavy atom. The molecule has 24 heavy (non-hydrogen) atoms. The van der Waals surface area contributed by atoms with E-state index in [1.165, 1.54) is 49.7 Å². The number of benzene rings is 2. The second kappa shape index (κ2) is 7.73. The van der Waals surface area contributed by atoms with Crippen LogP contribution < -0.4 is 15.4 Å². The number of nitrogens with zero attached hydrogens (tertiary/aromatic N) is 1. The Balaban J connectivity index is 2.04. The van der Waals surface area contributed by atoms with Crippen LogP contribution in [0.3, 0.4) is 0 Å². The molecule has 8 heteroatoms. The van der Waals surface area contributed by atoms with Crippen LogP contribution >= 0.6 is 0 Å². The van der Waals surface area contributed by atoms with E-state index in [9.17, 15) is 19.3 Å². The van der Waals surface area contributed by atoms with Crippen molar-refractivity contribution in [2.75, 3.05) is 12.4 Å². The van der Waals surface area contributed by atoms with Crippen molar-refractivity contribution in [3.05, 3.63) is 70.2 Å². The number of anilines is 1. The lowest BCUT2D eigenvalue weighted by Gasteiger charge is -2.09. The normalized spacial score (nSPS) is 10.4. The predicted octanol–water partition coefficient (Wildman–Crippen LogP) is 3.53. The van der Waals surface area contributed by atoms with Gasteiger partial charge in [0.15, 0.2) is 0 Å². The Morgan fingerprint density at radius 3 is 2.75 bits per heavy atom. The average Bonchev–Trinajstić information content (AvgIpc) is 2.54. The fourth-order valence-corrected chi connectivity index (χ4v) is 1.89. The molecule has 0 bridgehead atoms. The van der Waals surface area contributed by atoms with Gasteiger partial charge in [-0.2, -0.15) is 0 Å². The number of methoxy groups -OCH3 is 1. The summed E-state index contributed by atoms with van der Waals surface area (Å²) in [5, 5.41) is 15.7. The molecule has 0 aliphatic carbocycles. The monoisotopic (exact) mass is 331 g/mol. The van der Waals surface area contributed by atoms with E-state index in [-0.39, 0.29) is 22.9 Å². The zero-order valence-electron chi connectivity index (χ0n) is 12.7. The molecule has 124 valence electrons. The molecule has 0 saturated heterocycles. The minimum atomic E-state index is -0.624. The maximum Gasteiger partial charge on any atom is 0.323 e. The fraction of sp³-hybridized carbons (Fsp3) is 0.0625. The van der Waals surface area contributed by atoms with Crippen molar-refractivity contribution < 1.29 is 18.8 Å². The number of nitro benzene ring substituents is 1. The zero-order chi connectivity index (χ0) is 17.5. The summed E-state index contributed by atoms with van der Waals surface area (Å²) < 4.78 is 18.1. The molecule has 0 saturated carbocycles. The molecule has 0 heterocycles. The first kappa shape index (κ1) is 16.9. The first-order valence-electron chi connectivity index (χ1n) is 6.81. The summed E-state index contributed by atoms with van der Waals surface area (Å²) in [6.45, 7) is 0. The lowest BCUT2D eigenvalue weighted by molar-refractivity contribution is -0.384. The van der Waals surface area contributed by atoms with Crippen molar-refractivity contribution in [2.24, 2.45) is 0 Å². The predicted molar refractivity (Wildman–Crippen MR) is 87.2 cm³/mol. The fourth-order valence-electron chi connectivity index (χ4n) is 1.89. The van der Waals surface area contributed by atoms with E-state index in [1.54, 1.807) is 12.1 Å². The van der Waals surface area contributed by atoms with Crippen LogP contribution in [0.2, 0.25) is 0 Å². The van der Waals surface area contributed by atoms with Gasteiger partial charge in [0.1, 0.15) is 11.6 Å². The van der Waals surface area contributed by atoms with Crippen molar-refractivity contribution in [3.63, 3.8) is 0 Å². The van der Waals surface area contributed by atoms with Gasteiger partial charge in [-0.05, 0) is 29.8 Å². The highest BCUT2D eigenvalue weighted by Crippen LogP contribution is 2.28. The molecule has 0 unspecified atom stereocenters. The molecular weight excluding hydrogens is 317 g/mol. The first-order chi connectivity index (χ1) is 11.5. The highest BCUT2D eigenvalue weighted by molar-refractivity contribution is 5.92. The van der Waals surface area contributed by atoms with Crippen molar-refractivity contribution in [1.29, 1.82) is 0 Å². The third kappa shape index (κ3) is 4.54. The molecule has 0 atom stereocenters. The largest absolute Gasteiger partial charge is 0.495 e. The van der Waals surface area contributed by atoms with E-state index < -0.39 is 11.0 Å². The third-order valence-electron chi connectivity index (χ3n) is 2.98. The van der Waals surface area contributed by atoms with Gasteiger partial charge in [0.05, 0.1) is 17.7 Å². The quantitative estimate of drug-likeness (QED) is 0.647. The Morgan fingerprint density at radius 2 is 2.08 bits per heavy atom. The summed E-state index contributed by atoms with van der Waals surface area (Å²) in [5.74, 6) is -0.104.